The molecule has 186 valence electrons. The molecular weight excluding hydrogens is 459 g/mol. The number of hydrogen-bond acceptors (Lipinski definition) is 2. The average Bonchev–Trinajstić information content (AvgIpc) is 2.91. The molecule has 1 aliphatic heterocycles. The van der Waals surface area contributed by atoms with Crippen molar-refractivity contribution in [3.8, 4) is 0 Å². The Balaban J connectivity index is 1.68. The molecule has 1 aliphatic rings. The summed E-state index contributed by atoms with van der Waals surface area (Å²) in [4.78, 5) is 4.50. The largest absolute Gasteiger partial charge is 0.377 e. The van der Waals surface area contributed by atoms with Gasteiger partial charge in [0.2, 0.25) is 6.71 Å². The molecule has 0 saturated heterocycles. The van der Waals surface area contributed by atoms with E-state index in [2.05, 4.69) is 143 Å². The fraction of sp³-hybridized carbons (Fsp3) is 0.200. The van der Waals surface area contributed by atoms with Crippen molar-refractivity contribution in [1.29, 1.82) is 0 Å². The van der Waals surface area contributed by atoms with Gasteiger partial charge in [-0.25, -0.2) is 0 Å². The lowest BCUT2D eigenvalue weighted by Crippen LogP contribution is -2.60. The van der Waals surface area contributed by atoms with Crippen molar-refractivity contribution in [1.82, 2.24) is 0 Å². The van der Waals surface area contributed by atoms with Crippen molar-refractivity contribution in [2.75, 3.05) is 38.0 Å². The molecule has 2 nitrogen and oxygen atoms in total. The van der Waals surface area contributed by atoms with Crippen LogP contribution in [0.25, 0.3) is 32.3 Å². The highest BCUT2D eigenvalue weighted by Gasteiger charge is 2.41. The van der Waals surface area contributed by atoms with Crippen LogP contribution in [0.1, 0.15) is 25.0 Å². The Morgan fingerprint density at radius 2 is 1.18 bits per heavy atom. The number of anilines is 2. The van der Waals surface area contributed by atoms with Crippen molar-refractivity contribution in [3.05, 3.63) is 102 Å². The molecule has 1 heterocycles. The van der Waals surface area contributed by atoms with Crippen LogP contribution in [0.5, 0.6) is 0 Å². The number of hydrogen-bond donors (Lipinski definition) is 0. The zero-order valence-corrected chi connectivity index (χ0v) is 23.1. The quantitative estimate of drug-likeness (QED) is 0.225. The lowest BCUT2D eigenvalue weighted by Gasteiger charge is -2.40. The van der Waals surface area contributed by atoms with Crippen LogP contribution < -0.4 is 26.2 Å². The minimum atomic E-state index is -0.117. The SMILES string of the molecule is CN(C)c1cc(N(C)C)c2ccc3c4c(cc5ccc1c2c53)B(c1ccccc1)c1ccccc1C4(C)C. The predicted molar refractivity (Wildman–Crippen MR) is 168 cm³/mol. The first kappa shape index (κ1) is 23.2. The van der Waals surface area contributed by atoms with E-state index in [0.29, 0.717) is 0 Å². The molecule has 0 aliphatic carbocycles. The second-order valence-electron chi connectivity index (χ2n) is 11.8. The Labute approximate surface area is 225 Å². The van der Waals surface area contributed by atoms with Crippen LogP contribution in [0.3, 0.4) is 0 Å². The molecule has 0 radical (unpaired) electrons. The second kappa shape index (κ2) is 8.01. The molecule has 0 fully saturated rings. The smallest absolute Gasteiger partial charge is 0.242 e. The first-order valence-electron chi connectivity index (χ1n) is 13.6. The third-order valence-corrected chi connectivity index (χ3v) is 8.86. The van der Waals surface area contributed by atoms with Crippen LogP contribution >= 0.6 is 0 Å². The molecule has 3 heteroatoms. The standard InChI is InChI=1S/C35H33BN2/c1-35(2)27-14-10-11-15-28(27)36(23-12-8-7-9-13-23)29-20-22-16-17-24-30(37(3)4)21-31(38(5)6)25-18-19-26(34(29)35)32(22)33(24)25/h7-21H,1-6H3. The van der Waals surface area contributed by atoms with Crippen LogP contribution in [0.4, 0.5) is 11.4 Å². The summed E-state index contributed by atoms with van der Waals surface area (Å²) in [5.74, 6) is 0. The van der Waals surface area contributed by atoms with Gasteiger partial charge in [0.1, 0.15) is 0 Å². The minimum absolute atomic E-state index is 0.117. The van der Waals surface area contributed by atoms with Gasteiger partial charge in [-0.2, -0.15) is 0 Å². The first-order valence-corrected chi connectivity index (χ1v) is 13.6. The normalized spacial score (nSPS) is 14.2. The molecule has 6 aromatic carbocycles. The molecule has 7 rings (SSSR count). The molecule has 0 amide bonds. The highest BCUT2D eigenvalue weighted by Crippen LogP contribution is 2.46. The van der Waals surface area contributed by atoms with Gasteiger partial charge in [-0.05, 0) is 33.4 Å². The van der Waals surface area contributed by atoms with Gasteiger partial charge < -0.3 is 9.80 Å². The average molecular weight is 492 g/mol. The van der Waals surface area contributed by atoms with Crippen molar-refractivity contribution in [3.63, 3.8) is 0 Å². The Morgan fingerprint density at radius 1 is 0.579 bits per heavy atom. The maximum absolute atomic E-state index is 2.50. The van der Waals surface area contributed by atoms with E-state index >= 15 is 0 Å². The maximum Gasteiger partial charge on any atom is 0.242 e. The highest BCUT2D eigenvalue weighted by molar-refractivity contribution is 6.96. The van der Waals surface area contributed by atoms with Crippen LogP contribution in [0, 0.1) is 0 Å². The van der Waals surface area contributed by atoms with Crippen LogP contribution in [-0.2, 0) is 5.41 Å². The van der Waals surface area contributed by atoms with E-state index in [9.17, 15) is 0 Å². The number of nitrogens with zero attached hydrogens (tertiary/aromatic N) is 2. The summed E-state index contributed by atoms with van der Waals surface area (Å²) in [6.45, 7) is 5.05. The van der Waals surface area contributed by atoms with Gasteiger partial charge in [0.05, 0.1) is 0 Å². The Bertz CT molecular complexity index is 1820. The minimum Gasteiger partial charge on any atom is -0.377 e. The molecule has 0 atom stereocenters. The lowest BCUT2D eigenvalue weighted by atomic mass is 9.31. The summed E-state index contributed by atoms with van der Waals surface area (Å²) in [7, 11) is 8.60. The van der Waals surface area contributed by atoms with E-state index in [1.54, 1.807) is 0 Å². The molecule has 0 spiro atoms. The van der Waals surface area contributed by atoms with Crippen LogP contribution in [0.15, 0.2) is 91.0 Å². The van der Waals surface area contributed by atoms with Crippen molar-refractivity contribution < 1.29 is 0 Å². The van der Waals surface area contributed by atoms with Crippen molar-refractivity contribution >= 4 is 66.8 Å². The fourth-order valence-corrected chi connectivity index (χ4v) is 7.25. The third kappa shape index (κ3) is 3.02. The Morgan fingerprint density at radius 3 is 1.87 bits per heavy atom. The molecule has 0 saturated carbocycles. The van der Waals surface area contributed by atoms with Gasteiger partial charge in [-0.15, -0.1) is 0 Å². The van der Waals surface area contributed by atoms with E-state index < -0.39 is 0 Å². The number of fused-ring (bicyclic) bond motifs is 3. The van der Waals surface area contributed by atoms with E-state index in [1.165, 1.54) is 71.2 Å². The van der Waals surface area contributed by atoms with E-state index in [-0.39, 0.29) is 12.1 Å². The summed E-state index contributed by atoms with van der Waals surface area (Å²) in [5.41, 5.74) is 9.52. The van der Waals surface area contributed by atoms with E-state index in [1.807, 2.05) is 0 Å². The zero-order chi connectivity index (χ0) is 26.3. The molecule has 0 N–H and O–H groups in total. The van der Waals surface area contributed by atoms with Crippen LogP contribution in [-0.4, -0.2) is 34.9 Å². The van der Waals surface area contributed by atoms with E-state index in [0.717, 1.165) is 0 Å². The molecular formula is C35H33BN2. The Kier molecular flexibility index (Phi) is 4.88. The van der Waals surface area contributed by atoms with Gasteiger partial charge >= 0.3 is 0 Å². The fourth-order valence-electron chi connectivity index (χ4n) is 7.25. The predicted octanol–water partition coefficient (Wildman–Crippen LogP) is 5.87. The maximum atomic E-state index is 2.50. The molecule has 38 heavy (non-hydrogen) atoms. The van der Waals surface area contributed by atoms with E-state index in [4.69, 9.17) is 0 Å². The first-order chi connectivity index (χ1) is 18.3. The summed E-state index contributed by atoms with van der Waals surface area (Å²) in [6, 6.07) is 34.4. The molecule has 0 bridgehead atoms. The van der Waals surface area contributed by atoms with Crippen molar-refractivity contribution in [2.24, 2.45) is 0 Å². The Hall–Kier alpha value is -3.98. The monoisotopic (exact) mass is 492 g/mol. The summed E-state index contributed by atoms with van der Waals surface area (Å²) in [6.07, 6.45) is 0. The van der Waals surface area contributed by atoms with Crippen LogP contribution in [0.2, 0.25) is 0 Å². The van der Waals surface area contributed by atoms with Gasteiger partial charge in [0.25, 0.3) is 0 Å². The van der Waals surface area contributed by atoms with Gasteiger partial charge in [0, 0.05) is 61.1 Å². The van der Waals surface area contributed by atoms with Gasteiger partial charge in [0.15, 0.2) is 0 Å². The lowest BCUT2D eigenvalue weighted by molar-refractivity contribution is 0.652. The molecule has 0 unspecified atom stereocenters. The highest BCUT2D eigenvalue weighted by atomic mass is 15.1. The molecule has 0 aromatic heterocycles. The molecule has 6 aromatic rings. The zero-order valence-electron chi connectivity index (χ0n) is 23.1. The summed E-state index contributed by atoms with van der Waals surface area (Å²) in [5, 5.41) is 8.13. The second-order valence-corrected chi connectivity index (χ2v) is 11.8. The number of benzene rings is 6. The van der Waals surface area contributed by atoms with Crippen molar-refractivity contribution in [2.45, 2.75) is 19.3 Å². The third-order valence-electron chi connectivity index (χ3n) is 8.86. The topological polar surface area (TPSA) is 6.48 Å². The van der Waals surface area contributed by atoms with Gasteiger partial charge in [-0.1, -0.05) is 115 Å². The van der Waals surface area contributed by atoms with Gasteiger partial charge in [-0.3, -0.25) is 0 Å². The summed E-state index contributed by atoms with van der Waals surface area (Å²) < 4.78 is 0. The number of rotatable bonds is 3. The summed E-state index contributed by atoms with van der Waals surface area (Å²) >= 11 is 0.